The number of anilines is 1. The lowest BCUT2D eigenvalue weighted by Crippen LogP contribution is -2.07. The van der Waals surface area contributed by atoms with Gasteiger partial charge in [-0.05, 0) is 28.1 Å². The Morgan fingerprint density at radius 3 is 3.00 bits per heavy atom. The number of rotatable bonds is 3. The third kappa shape index (κ3) is 2.08. The van der Waals surface area contributed by atoms with Crippen LogP contribution in [0.2, 0.25) is 0 Å². The Labute approximate surface area is 95.5 Å². The first-order valence-electron chi connectivity index (χ1n) is 4.57. The average Bonchev–Trinajstić information content (AvgIpc) is 2.27. The lowest BCUT2D eigenvalue weighted by Gasteiger charge is -2.07. The Balaban J connectivity index is 2.51. The zero-order valence-corrected chi connectivity index (χ0v) is 9.53. The van der Waals surface area contributed by atoms with Crippen molar-refractivity contribution in [2.75, 3.05) is 18.5 Å². The topological polar surface area (TPSA) is 58.0 Å². The number of aliphatic hydroxyl groups is 1. The summed E-state index contributed by atoms with van der Waals surface area (Å²) < 4.78 is 0.939. The highest BCUT2D eigenvalue weighted by Gasteiger charge is 2.04. The molecule has 1 aromatic carbocycles. The molecule has 4 nitrogen and oxygen atoms in total. The number of fused-ring (bicyclic) bond motifs is 1. The van der Waals surface area contributed by atoms with Gasteiger partial charge in [-0.2, -0.15) is 0 Å². The second-order valence-electron chi connectivity index (χ2n) is 3.01. The van der Waals surface area contributed by atoms with E-state index in [4.69, 9.17) is 5.11 Å². The molecule has 0 bridgehead atoms. The van der Waals surface area contributed by atoms with E-state index < -0.39 is 0 Å². The number of benzene rings is 1. The third-order valence-corrected chi connectivity index (χ3v) is 2.66. The Bertz CT molecular complexity index is 475. The van der Waals surface area contributed by atoms with Crippen molar-refractivity contribution in [3.05, 3.63) is 29.0 Å². The first-order chi connectivity index (χ1) is 7.33. The third-order valence-electron chi connectivity index (χ3n) is 2.02. The van der Waals surface area contributed by atoms with Crippen molar-refractivity contribution < 1.29 is 5.11 Å². The predicted molar refractivity (Wildman–Crippen MR) is 62.8 cm³/mol. The fourth-order valence-corrected chi connectivity index (χ4v) is 1.84. The predicted octanol–water partition coefficient (Wildman–Crippen LogP) is 1.80. The van der Waals surface area contributed by atoms with Gasteiger partial charge in [0.25, 0.3) is 0 Å². The summed E-state index contributed by atoms with van der Waals surface area (Å²) in [5.41, 5.74) is 0.868. The number of para-hydroxylation sites is 1. The van der Waals surface area contributed by atoms with E-state index in [9.17, 15) is 0 Å². The molecule has 0 atom stereocenters. The Morgan fingerprint density at radius 2 is 2.20 bits per heavy atom. The van der Waals surface area contributed by atoms with Crippen molar-refractivity contribution >= 4 is 32.7 Å². The Hall–Kier alpha value is -1.20. The summed E-state index contributed by atoms with van der Waals surface area (Å²) in [5.74, 6) is 0.746. The molecule has 0 saturated carbocycles. The van der Waals surface area contributed by atoms with Gasteiger partial charge in [-0.15, -0.1) is 0 Å². The number of aromatic nitrogens is 2. The van der Waals surface area contributed by atoms with Gasteiger partial charge >= 0.3 is 0 Å². The second kappa shape index (κ2) is 4.55. The van der Waals surface area contributed by atoms with E-state index in [-0.39, 0.29) is 6.61 Å². The van der Waals surface area contributed by atoms with Crippen LogP contribution in [-0.4, -0.2) is 28.2 Å². The first-order valence-corrected chi connectivity index (χ1v) is 5.36. The molecule has 15 heavy (non-hydrogen) atoms. The van der Waals surface area contributed by atoms with E-state index in [1.807, 2.05) is 18.2 Å². The van der Waals surface area contributed by atoms with Crippen molar-refractivity contribution in [2.45, 2.75) is 0 Å². The van der Waals surface area contributed by atoms with Crippen LogP contribution in [0.25, 0.3) is 10.9 Å². The van der Waals surface area contributed by atoms with E-state index in [2.05, 4.69) is 31.2 Å². The second-order valence-corrected chi connectivity index (χ2v) is 3.86. The summed E-state index contributed by atoms with van der Waals surface area (Å²) in [7, 11) is 0. The number of hydrogen-bond donors (Lipinski definition) is 2. The summed E-state index contributed by atoms with van der Waals surface area (Å²) in [4.78, 5) is 8.32. The fourth-order valence-electron chi connectivity index (χ4n) is 1.37. The molecule has 0 radical (unpaired) electrons. The quantitative estimate of drug-likeness (QED) is 0.891. The fraction of sp³-hybridized carbons (Fsp3) is 0.200. The molecule has 0 spiro atoms. The molecule has 0 saturated heterocycles. The molecule has 0 unspecified atom stereocenters. The van der Waals surface area contributed by atoms with Gasteiger partial charge in [-0.3, -0.25) is 0 Å². The maximum absolute atomic E-state index is 8.74. The molecule has 0 aliphatic carbocycles. The summed E-state index contributed by atoms with van der Waals surface area (Å²) in [5, 5.41) is 12.7. The van der Waals surface area contributed by atoms with E-state index in [1.165, 1.54) is 6.33 Å². The molecule has 5 heteroatoms. The number of nitrogens with one attached hydrogen (secondary N) is 1. The van der Waals surface area contributed by atoms with Gasteiger partial charge in [0.05, 0.1) is 12.1 Å². The average molecular weight is 268 g/mol. The molecule has 0 aliphatic heterocycles. The number of hydrogen-bond acceptors (Lipinski definition) is 4. The van der Waals surface area contributed by atoms with Crippen LogP contribution < -0.4 is 5.32 Å². The van der Waals surface area contributed by atoms with Crippen LogP contribution >= 0.6 is 15.9 Å². The smallest absolute Gasteiger partial charge is 0.137 e. The van der Waals surface area contributed by atoms with Crippen molar-refractivity contribution in [1.82, 2.24) is 9.97 Å². The van der Waals surface area contributed by atoms with Gasteiger partial charge < -0.3 is 10.4 Å². The monoisotopic (exact) mass is 267 g/mol. The van der Waals surface area contributed by atoms with Crippen LogP contribution in [0.1, 0.15) is 0 Å². The van der Waals surface area contributed by atoms with Gasteiger partial charge in [0.1, 0.15) is 12.1 Å². The molecule has 0 fully saturated rings. The van der Waals surface area contributed by atoms with Crippen molar-refractivity contribution in [3.63, 3.8) is 0 Å². The molecule has 2 aromatic rings. The SMILES string of the molecule is OCCNc1ncnc2c(Br)cccc12. The first kappa shape index (κ1) is 10.3. The number of aliphatic hydroxyl groups excluding tert-OH is 1. The molecule has 0 aliphatic rings. The van der Waals surface area contributed by atoms with Gasteiger partial charge in [-0.25, -0.2) is 9.97 Å². The highest BCUT2D eigenvalue weighted by atomic mass is 79.9. The van der Waals surface area contributed by atoms with Crippen LogP contribution in [-0.2, 0) is 0 Å². The van der Waals surface area contributed by atoms with Crippen LogP contribution in [0.3, 0.4) is 0 Å². The molecule has 1 aromatic heterocycles. The molecule has 2 rings (SSSR count). The zero-order valence-electron chi connectivity index (χ0n) is 7.94. The van der Waals surface area contributed by atoms with Crippen LogP contribution in [0, 0.1) is 0 Å². The Morgan fingerprint density at radius 1 is 1.33 bits per heavy atom. The van der Waals surface area contributed by atoms with E-state index >= 15 is 0 Å². The molecular weight excluding hydrogens is 258 g/mol. The van der Waals surface area contributed by atoms with Crippen LogP contribution in [0.5, 0.6) is 0 Å². The molecular formula is C10H10BrN3O. The zero-order chi connectivity index (χ0) is 10.7. The van der Waals surface area contributed by atoms with Crippen LogP contribution in [0.4, 0.5) is 5.82 Å². The molecule has 2 N–H and O–H groups in total. The van der Waals surface area contributed by atoms with Crippen molar-refractivity contribution in [1.29, 1.82) is 0 Å². The summed E-state index contributed by atoms with van der Waals surface area (Å²) >= 11 is 3.43. The lowest BCUT2D eigenvalue weighted by molar-refractivity contribution is 0.311. The van der Waals surface area contributed by atoms with Crippen molar-refractivity contribution in [3.8, 4) is 0 Å². The number of halogens is 1. The van der Waals surface area contributed by atoms with Gasteiger partial charge in [0.2, 0.25) is 0 Å². The largest absolute Gasteiger partial charge is 0.395 e. The Kier molecular flexibility index (Phi) is 3.13. The highest BCUT2D eigenvalue weighted by molar-refractivity contribution is 9.10. The van der Waals surface area contributed by atoms with E-state index in [1.54, 1.807) is 0 Å². The molecule has 1 heterocycles. The van der Waals surface area contributed by atoms with Gasteiger partial charge in [0, 0.05) is 16.4 Å². The maximum Gasteiger partial charge on any atom is 0.137 e. The lowest BCUT2D eigenvalue weighted by atomic mass is 10.2. The maximum atomic E-state index is 8.74. The summed E-state index contributed by atoms with van der Waals surface area (Å²) in [6.45, 7) is 0.568. The summed E-state index contributed by atoms with van der Waals surface area (Å²) in [6, 6.07) is 5.81. The van der Waals surface area contributed by atoms with Crippen molar-refractivity contribution in [2.24, 2.45) is 0 Å². The normalized spacial score (nSPS) is 10.5. The minimum atomic E-state index is 0.0828. The van der Waals surface area contributed by atoms with Gasteiger partial charge in [0.15, 0.2) is 0 Å². The standard InChI is InChI=1S/C10H10BrN3O/c11-8-3-1-2-7-9(8)13-6-14-10(7)12-4-5-15/h1-3,6,15H,4-5H2,(H,12,13,14). The van der Waals surface area contributed by atoms with E-state index in [0.717, 1.165) is 21.2 Å². The minimum Gasteiger partial charge on any atom is -0.395 e. The minimum absolute atomic E-state index is 0.0828. The molecule has 0 amide bonds. The van der Waals surface area contributed by atoms with E-state index in [0.29, 0.717) is 6.54 Å². The number of nitrogens with zero attached hydrogens (tertiary/aromatic N) is 2. The molecule has 78 valence electrons. The van der Waals surface area contributed by atoms with Crippen LogP contribution in [0.15, 0.2) is 29.0 Å². The van der Waals surface area contributed by atoms with Gasteiger partial charge in [-0.1, -0.05) is 6.07 Å². The highest BCUT2D eigenvalue weighted by Crippen LogP contribution is 2.25. The summed E-state index contributed by atoms with van der Waals surface area (Å²) in [6.07, 6.45) is 1.51.